The van der Waals surface area contributed by atoms with E-state index >= 15 is 0 Å². The van der Waals surface area contributed by atoms with E-state index in [1.165, 1.54) is 18.2 Å². The molecular formula is C10H15NO2S. The van der Waals surface area contributed by atoms with Crippen molar-refractivity contribution in [3.63, 3.8) is 0 Å². The first-order chi connectivity index (χ1) is 6.66. The van der Waals surface area contributed by atoms with Crippen LogP contribution in [-0.2, 0) is 9.59 Å². The summed E-state index contributed by atoms with van der Waals surface area (Å²) in [6.07, 6.45) is 3.34. The number of rotatable bonds is 2. The Hall–Kier alpha value is -0.510. The van der Waals surface area contributed by atoms with Crippen molar-refractivity contribution < 1.29 is 9.59 Å². The Balaban J connectivity index is 1.71. The lowest BCUT2D eigenvalue weighted by Gasteiger charge is -2.41. The first-order valence-corrected chi connectivity index (χ1v) is 6.01. The molecule has 1 heterocycles. The smallest absolute Gasteiger partial charge is 0.225 e. The molecule has 1 saturated heterocycles. The van der Waals surface area contributed by atoms with Crippen LogP contribution in [0.5, 0.6) is 0 Å². The van der Waals surface area contributed by atoms with E-state index in [1.54, 1.807) is 6.92 Å². The summed E-state index contributed by atoms with van der Waals surface area (Å²) >= 11 is 1.37. The summed E-state index contributed by atoms with van der Waals surface area (Å²) in [5, 5.41) is 0.516. The summed E-state index contributed by atoms with van der Waals surface area (Å²) in [6.45, 7) is 3.14. The molecular weight excluding hydrogens is 198 g/mol. The third-order valence-electron chi connectivity index (χ3n) is 2.95. The Morgan fingerprint density at radius 1 is 1.29 bits per heavy atom. The molecule has 3 nitrogen and oxygen atoms in total. The standard InChI is InChI=1S/C10H15NO2S/c1-7(12)14-9-5-11(6-9)10(13)8-3-2-4-8/h8-9H,2-6H2,1H3. The second-order valence-corrected chi connectivity index (χ2v) is 5.58. The van der Waals surface area contributed by atoms with Crippen LogP contribution in [-0.4, -0.2) is 34.3 Å². The van der Waals surface area contributed by atoms with Gasteiger partial charge in [0.05, 0.1) is 0 Å². The molecule has 4 heteroatoms. The Bertz CT molecular complexity index is 257. The monoisotopic (exact) mass is 213 g/mol. The Morgan fingerprint density at radius 3 is 2.36 bits per heavy atom. The van der Waals surface area contributed by atoms with Crippen molar-refractivity contribution in [2.45, 2.75) is 31.4 Å². The summed E-state index contributed by atoms with van der Waals surface area (Å²) < 4.78 is 0. The fourth-order valence-electron chi connectivity index (χ4n) is 1.84. The predicted octanol–water partition coefficient (Wildman–Crippen LogP) is 1.28. The fourth-order valence-corrected chi connectivity index (χ4v) is 2.82. The molecule has 0 radical (unpaired) electrons. The van der Waals surface area contributed by atoms with Crippen molar-refractivity contribution in [3.8, 4) is 0 Å². The summed E-state index contributed by atoms with van der Waals surface area (Å²) in [4.78, 5) is 24.3. The van der Waals surface area contributed by atoms with Crippen LogP contribution in [0.1, 0.15) is 26.2 Å². The second-order valence-electron chi connectivity index (χ2n) is 4.10. The normalized spacial score (nSPS) is 22.8. The molecule has 78 valence electrons. The summed E-state index contributed by atoms with van der Waals surface area (Å²) in [6, 6.07) is 0. The van der Waals surface area contributed by atoms with Crippen LogP contribution in [0.25, 0.3) is 0 Å². The largest absolute Gasteiger partial charge is 0.340 e. The average Bonchev–Trinajstić information content (AvgIpc) is 1.91. The highest BCUT2D eigenvalue weighted by Gasteiger charge is 2.37. The van der Waals surface area contributed by atoms with Gasteiger partial charge in [-0.1, -0.05) is 18.2 Å². The molecule has 0 spiro atoms. The number of carbonyl (C=O) groups is 2. The van der Waals surface area contributed by atoms with E-state index in [9.17, 15) is 9.59 Å². The fraction of sp³-hybridized carbons (Fsp3) is 0.800. The molecule has 2 aliphatic rings. The van der Waals surface area contributed by atoms with Crippen LogP contribution in [0.4, 0.5) is 0 Å². The lowest BCUT2D eigenvalue weighted by molar-refractivity contribution is -0.141. The second kappa shape index (κ2) is 3.93. The molecule has 1 amide bonds. The van der Waals surface area contributed by atoms with Gasteiger partial charge in [-0.05, 0) is 12.8 Å². The lowest BCUT2D eigenvalue weighted by Crippen LogP contribution is -2.55. The van der Waals surface area contributed by atoms with Gasteiger partial charge in [0.2, 0.25) is 5.91 Å². The Labute approximate surface area is 88.2 Å². The van der Waals surface area contributed by atoms with Gasteiger partial charge in [0, 0.05) is 31.2 Å². The van der Waals surface area contributed by atoms with Crippen molar-refractivity contribution >= 4 is 22.8 Å². The molecule has 0 N–H and O–H groups in total. The quantitative estimate of drug-likeness (QED) is 0.693. The third kappa shape index (κ3) is 1.95. The SMILES string of the molecule is CC(=O)SC1CN(C(=O)C2CCC2)C1. The molecule has 0 aromatic heterocycles. The molecule has 2 fully saturated rings. The van der Waals surface area contributed by atoms with Gasteiger partial charge in [-0.15, -0.1) is 0 Å². The highest BCUT2D eigenvalue weighted by Crippen LogP contribution is 2.31. The molecule has 2 rings (SSSR count). The van der Waals surface area contributed by atoms with Gasteiger partial charge < -0.3 is 4.90 Å². The van der Waals surface area contributed by atoms with Crippen LogP contribution in [0, 0.1) is 5.92 Å². The van der Waals surface area contributed by atoms with Crippen molar-refractivity contribution in [1.82, 2.24) is 4.90 Å². The summed E-state index contributed by atoms with van der Waals surface area (Å²) in [5.41, 5.74) is 0. The molecule has 0 aromatic rings. The molecule has 1 aliphatic carbocycles. The van der Waals surface area contributed by atoms with Crippen molar-refractivity contribution in [2.75, 3.05) is 13.1 Å². The Morgan fingerprint density at radius 2 is 1.93 bits per heavy atom. The van der Waals surface area contributed by atoms with E-state index in [-0.39, 0.29) is 5.12 Å². The minimum atomic E-state index is 0.158. The van der Waals surface area contributed by atoms with E-state index in [4.69, 9.17) is 0 Å². The van der Waals surface area contributed by atoms with Gasteiger partial charge in [0.1, 0.15) is 0 Å². The number of hydrogen-bond acceptors (Lipinski definition) is 3. The maximum Gasteiger partial charge on any atom is 0.225 e. The zero-order valence-electron chi connectivity index (χ0n) is 8.36. The lowest BCUT2D eigenvalue weighted by atomic mass is 9.84. The highest BCUT2D eigenvalue weighted by atomic mass is 32.2. The average molecular weight is 213 g/mol. The molecule has 0 bridgehead atoms. The number of likely N-dealkylation sites (tertiary alicyclic amines) is 1. The van der Waals surface area contributed by atoms with Gasteiger partial charge in [0.15, 0.2) is 5.12 Å². The van der Waals surface area contributed by atoms with E-state index in [1.807, 2.05) is 4.90 Å². The number of thioether (sulfide) groups is 1. The van der Waals surface area contributed by atoms with E-state index in [2.05, 4.69) is 0 Å². The molecule has 0 unspecified atom stereocenters. The van der Waals surface area contributed by atoms with Crippen LogP contribution in [0.3, 0.4) is 0 Å². The molecule has 0 aromatic carbocycles. The van der Waals surface area contributed by atoms with Gasteiger partial charge in [0.25, 0.3) is 0 Å². The maximum absolute atomic E-state index is 11.7. The van der Waals surface area contributed by atoms with Crippen molar-refractivity contribution in [3.05, 3.63) is 0 Å². The highest BCUT2D eigenvalue weighted by molar-refractivity contribution is 8.14. The number of carbonyl (C=O) groups excluding carboxylic acids is 2. The molecule has 0 atom stereocenters. The zero-order valence-corrected chi connectivity index (χ0v) is 9.18. The third-order valence-corrected chi connectivity index (χ3v) is 3.91. The van der Waals surface area contributed by atoms with Gasteiger partial charge >= 0.3 is 0 Å². The van der Waals surface area contributed by atoms with Crippen LogP contribution in [0.15, 0.2) is 0 Å². The van der Waals surface area contributed by atoms with E-state index in [0.717, 1.165) is 25.9 Å². The van der Waals surface area contributed by atoms with Crippen molar-refractivity contribution in [2.24, 2.45) is 5.92 Å². The van der Waals surface area contributed by atoms with Crippen molar-refractivity contribution in [1.29, 1.82) is 0 Å². The van der Waals surface area contributed by atoms with Gasteiger partial charge in [-0.3, -0.25) is 9.59 Å². The molecule has 1 saturated carbocycles. The minimum Gasteiger partial charge on any atom is -0.340 e. The molecule has 14 heavy (non-hydrogen) atoms. The van der Waals surface area contributed by atoms with Crippen LogP contribution < -0.4 is 0 Å². The summed E-state index contributed by atoms with van der Waals surface area (Å²) in [7, 11) is 0. The molecule has 1 aliphatic heterocycles. The number of nitrogens with zero attached hydrogens (tertiary/aromatic N) is 1. The number of hydrogen-bond donors (Lipinski definition) is 0. The maximum atomic E-state index is 11.7. The zero-order chi connectivity index (χ0) is 10.1. The van der Waals surface area contributed by atoms with Gasteiger partial charge in [-0.2, -0.15) is 0 Å². The topological polar surface area (TPSA) is 37.4 Å². The van der Waals surface area contributed by atoms with Crippen LogP contribution >= 0.6 is 11.8 Å². The van der Waals surface area contributed by atoms with E-state index < -0.39 is 0 Å². The first-order valence-electron chi connectivity index (χ1n) is 5.13. The minimum absolute atomic E-state index is 0.158. The van der Waals surface area contributed by atoms with Gasteiger partial charge in [-0.25, -0.2) is 0 Å². The predicted molar refractivity (Wildman–Crippen MR) is 56.0 cm³/mol. The van der Waals surface area contributed by atoms with E-state index in [0.29, 0.717) is 17.1 Å². The summed E-state index contributed by atoms with van der Waals surface area (Å²) in [5.74, 6) is 0.620. The first kappa shape index (κ1) is 10.0. The van der Waals surface area contributed by atoms with Crippen LogP contribution in [0.2, 0.25) is 0 Å². The number of amides is 1. The Kier molecular flexibility index (Phi) is 2.81.